The summed E-state index contributed by atoms with van der Waals surface area (Å²) in [5.41, 5.74) is 0.530. The van der Waals surface area contributed by atoms with E-state index >= 15 is 0 Å². The van der Waals surface area contributed by atoms with Crippen molar-refractivity contribution >= 4 is 17.9 Å². The summed E-state index contributed by atoms with van der Waals surface area (Å²) < 4.78 is 1.22. The summed E-state index contributed by atoms with van der Waals surface area (Å²) >= 11 is 0. The highest BCUT2D eigenvalue weighted by atomic mass is 16.3. The first kappa shape index (κ1) is 29.3. The van der Waals surface area contributed by atoms with Gasteiger partial charge in [-0.25, -0.2) is 0 Å². The SMILES string of the molecule is CCCCCCN1C(=O)C(C#N)=C(C)/C(=C\C=C\c2c(C)c(C#N)c(=O)n(CCCCCC)c2O)C1=O. The molecule has 0 unspecified atom stereocenters. The van der Waals surface area contributed by atoms with Crippen LogP contribution in [0.25, 0.3) is 6.08 Å². The number of rotatable bonds is 12. The van der Waals surface area contributed by atoms with Crippen LogP contribution in [0.4, 0.5) is 0 Å². The molecule has 1 aromatic heterocycles. The summed E-state index contributed by atoms with van der Waals surface area (Å²) in [7, 11) is 0. The summed E-state index contributed by atoms with van der Waals surface area (Å²) in [6.45, 7) is 7.84. The fraction of sp³-hybridized carbons (Fsp3) is 0.483. The molecule has 1 N–H and O–H groups in total. The number of allylic oxidation sites excluding steroid dienone is 2. The average molecular weight is 505 g/mol. The molecule has 0 atom stereocenters. The Bertz CT molecular complexity index is 1270. The van der Waals surface area contributed by atoms with Gasteiger partial charge < -0.3 is 5.11 Å². The van der Waals surface area contributed by atoms with Gasteiger partial charge in [-0.1, -0.05) is 58.4 Å². The van der Waals surface area contributed by atoms with Crippen LogP contribution in [0, 0.1) is 29.6 Å². The fourth-order valence-corrected chi connectivity index (χ4v) is 4.37. The summed E-state index contributed by atoms with van der Waals surface area (Å²) in [6.07, 6.45) is 11.8. The van der Waals surface area contributed by atoms with Gasteiger partial charge in [0.05, 0.1) is 0 Å². The van der Waals surface area contributed by atoms with Gasteiger partial charge in [-0.2, -0.15) is 10.5 Å². The zero-order valence-electron chi connectivity index (χ0n) is 22.3. The number of carbonyl (C=O) groups excluding carboxylic acids is 2. The van der Waals surface area contributed by atoms with Crippen LogP contribution in [0.15, 0.2) is 33.7 Å². The van der Waals surface area contributed by atoms with E-state index in [2.05, 4.69) is 13.8 Å². The van der Waals surface area contributed by atoms with Gasteiger partial charge in [-0.15, -0.1) is 0 Å². The van der Waals surface area contributed by atoms with Gasteiger partial charge in [0.25, 0.3) is 17.4 Å². The Morgan fingerprint density at radius 1 is 0.865 bits per heavy atom. The molecule has 0 fully saturated rings. The Hall–Kier alpha value is -3.91. The number of imide groups is 1. The number of nitrogens with zero attached hydrogens (tertiary/aromatic N) is 4. The van der Waals surface area contributed by atoms with Crippen molar-refractivity contribution in [2.24, 2.45) is 0 Å². The summed E-state index contributed by atoms with van der Waals surface area (Å²) in [5.74, 6) is -1.28. The Morgan fingerprint density at radius 2 is 1.49 bits per heavy atom. The zero-order chi connectivity index (χ0) is 27.5. The first-order valence-electron chi connectivity index (χ1n) is 13.0. The van der Waals surface area contributed by atoms with E-state index < -0.39 is 17.4 Å². The summed E-state index contributed by atoms with van der Waals surface area (Å²) in [4.78, 5) is 39.7. The number of aromatic nitrogens is 1. The normalized spacial score (nSPS) is 15.1. The Morgan fingerprint density at radius 3 is 2.05 bits per heavy atom. The lowest BCUT2D eigenvalue weighted by molar-refractivity contribution is -0.140. The van der Waals surface area contributed by atoms with Crippen LogP contribution < -0.4 is 5.56 Å². The van der Waals surface area contributed by atoms with Crippen molar-refractivity contribution in [3.05, 3.63) is 55.9 Å². The molecule has 1 aromatic rings. The standard InChI is InChI=1S/C29H36N4O4/c1-5-7-9-11-16-32-26(34)22(20(3)24(18-30)28(32)36)14-13-15-23-21(4)25(19-31)29(37)33(27(23)35)17-12-10-8-6-2/h13-15,34H,5-12,16-17H2,1-4H3/b14-13+,23-15+. The van der Waals surface area contributed by atoms with E-state index in [4.69, 9.17) is 0 Å². The predicted molar refractivity (Wildman–Crippen MR) is 142 cm³/mol. The van der Waals surface area contributed by atoms with E-state index in [1.165, 1.54) is 22.8 Å². The third-order valence-electron chi connectivity index (χ3n) is 6.67. The fourth-order valence-electron chi connectivity index (χ4n) is 4.37. The van der Waals surface area contributed by atoms with E-state index in [0.717, 1.165) is 43.4 Å². The highest BCUT2D eigenvalue weighted by Gasteiger charge is 2.34. The highest BCUT2D eigenvalue weighted by Crippen LogP contribution is 2.27. The molecule has 0 saturated carbocycles. The van der Waals surface area contributed by atoms with Crippen LogP contribution in [0.3, 0.4) is 0 Å². The topological polar surface area (TPSA) is 127 Å². The molecule has 0 bridgehead atoms. The smallest absolute Gasteiger partial charge is 0.271 e. The van der Waals surface area contributed by atoms with Gasteiger partial charge in [-0.05, 0) is 50.0 Å². The van der Waals surface area contributed by atoms with Crippen molar-refractivity contribution in [1.82, 2.24) is 9.47 Å². The van der Waals surface area contributed by atoms with E-state index in [1.54, 1.807) is 13.8 Å². The molecule has 2 heterocycles. The van der Waals surface area contributed by atoms with Gasteiger partial charge >= 0.3 is 0 Å². The predicted octanol–water partition coefficient (Wildman–Crippen LogP) is 5.04. The largest absolute Gasteiger partial charge is 0.494 e. The van der Waals surface area contributed by atoms with Gasteiger partial charge in [0.15, 0.2) is 0 Å². The molecule has 0 aliphatic carbocycles. The molecule has 1 aliphatic rings. The molecule has 0 saturated heterocycles. The molecule has 2 amide bonds. The first-order chi connectivity index (χ1) is 17.7. The maximum Gasteiger partial charge on any atom is 0.271 e. The third-order valence-corrected chi connectivity index (χ3v) is 6.67. The number of hydrogen-bond donors (Lipinski definition) is 1. The lowest BCUT2D eigenvalue weighted by Crippen LogP contribution is -2.43. The van der Waals surface area contributed by atoms with Crippen molar-refractivity contribution in [2.75, 3.05) is 6.54 Å². The van der Waals surface area contributed by atoms with Crippen LogP contribution in [0.5, 0.6) is 5.88 Å². The van der Waals surface area contributed by atoms with Crippen LogP contribution in [-0.2, 0) is 16.1 Å². The number of amides is 2. The van der Waals surface area contributed by atoms with Gasteiger partial charge in [0.1, 0.15) is 23.3 Å². The minimum atomic E-state index is -0.579. The average Bonchev–Trinajstić information content (AvgIpc) is 2.87. The number of nitriles is 2. The van der Waals surface area contributed by atoms with E-state index in [-0.39, 0.29) is 29.1 Å². The Kier molecular flexibility index (Phi) is 11.1. The van der Waals surface area contributed by atoms with E-state index in [1.807, 2.05) is 12.1 Å². The quantitative estimate of drug-likeness (QED) is 0.241. The summed E-state index contributed by atoms with van der Waals surface area (Å²) in [5, 5.41) is 30.0. The highest BCUT2D eigenvalue weighted by molar-refractivity contribution is 6.18. The molecule has 1 aliphatic heterocycles. The number of carbonyl (C=O) groups is 2. The second-order valence-electron chi connectivity index (χ2n) is 9.24. The molecule has 196 valence electrons. The van der Waals surface area contributed by atoms with Crippen LogP contribution in [-0.4, -0.2) is 32.9 Å². The second kappa shape index (κ2) is 14.0. The van der Waals surface area contributed by atoms with Crippen molar-refractivity contribution in [1.29, 1.82) is 10.5 Å². The number of aromatic hydroxyl groups is 1. The lowest BCUT2D eigenvalue weighted by atomic mass is 9.94. The molecule has 2 rings (SSSR count). The van der Waals surface area contributed by atoms with Crippen LogP contribution in [0.1, 0.15) is 88.8 Å². The zero-order valence-corrected chi connectivity index (χ0v) is 22.3. The van der Waals surface area contributed by atoms with Crippen LogP contribution in [0.2, 0.25) is 0 Å². The molecular weight excluding hydrogens is 468 g/mol. The Labute approximate surface area is 218 Å². The van der Waals surface area contributed by atoms with Gasteiger partial charge in [0, 0.05) is 24.2 Å². The molecule has 0 aromatic carbocycles. The first-order valence-corrected chi connectivity index (χ1v) is 13.0. The summed E-state index contributed by atoms with van der Waals surface area (Å²) in [6, 6.07) is 3.87. The van der Waals surface area contributed by atoms with E-state index in [0.29, 0.717) is 36.1 Å². The van der Waals surface area contributed by atoms with Crippen molar-refractivity contribution < 1.29 is 14.7 Å². The number of hydrogen-bond acceptors (Lipinski definition) is 6. The van der Waals surface area contributed by atoms with Crippen LogP contribution >= 0.6 is 0 Å². The van der Waals surface area contributed by atoms with Crippen molar-refractivity contribution in [2.45, 2.75) is 85.6 Å². The van der Waals surface area contributed by atoms with Gasteiger partial charge in [-0.3, -0.25) is 23.9 Å². The minimum absolute atomic E-state index is 0.0407. The third kappa shape index (κ3) is 6.65. The Balaban J connectivity index is 2.46. The van der Waals surface area contributed by atoms with Crippen molar-refractivity contribution in [3.8, 4) is 18.0 Å². The molecule has 37 heavy (non-hydrogen) atoms. The number of unbranched alkanes of at least 4 members (excludes halogenated alkanes) is 6. The molecule has 8 nitrogen and oxygen atoms in total. The van der Waals surface area contributed by atoms with E-state index in [9.17, 15) is 30.0 Å². The monoisotopic (exact) mass is 504 g/mol. The molecular formula is C29H36N4O4. The maximum atomic E-state index is 13.1. The second-order valence-corrected chi connectivity index (χ2v) is 9.24. The molecule has 0 spiro atoms. The molecule has 0 radical (unpaired) electrons. The maximum absolute atomic E-state index is 13.1. The minimum Gasteiger partial charge on any atom is -0.494 e. The lowest BCUT2D eigenvalue weighted by Gasteiger charge is -2.27. The number of pyridine rings is 1. The van der Waals surface area contributed by atoms with Gasteiger partial charge in [0.2, 0.25) is 5.88 Å². The molecule has 8 heteroatoms. The van der Waals surface area contributed by atoms with Crippen molar-refractivity contribution in [3.63, 3.8) is 0 Å².